The van der Waals surface area contributed by atoms with Gasteiger partial charge in [0.25, 0.3) is 0 Å². The monoisotopic (exact) mass is 313 g/mol. The summed E-state index contributed by atoms with van der Waals surface area (Å²) in [4.78, 5) is 29.6. The summed E-state index contributed by atoms with van der Waals surface area (Å²) in [5.74, 6) is 0.249. The number of pyridine rings is 1. The van der Waals surface area contributed by atoms with Crippen LogP contribution < -0.4 is 5.32 Å². The zero-order valence-corrected chi connectivity index (χ0v) is 13.4. The van der Waals surface area contributed by atoms with Crippen molar-refractivity contribution in [3.05, 3.63) is 35.8 Å². The van der Waals surface area contributed by atoms with E-state index in [1.165, 1.54) is 0 Å². The average molecular weight is 313 g/mol. The Labute approximate surface area is 134 Å². The molecular formula is C16H19N5O2. The van der Waals surface area contributed by atoms with Crippen LogP contribution in [0.1, 0.15) is 17.8 Å². The van der Waals surface area contributed by atoms with E-state index in [1.807, 2.05) is 19.9 Å². The predicted octanol–water partition coefficient (Wildman–Crippen LogP) is 1.30. The first-order valence-corrected chi connectivity index (χ1v) is 7.48. The van der Waals surface area contributed by atoms with Crippen LogP contribution in [0.25, 0.3) is 5.82 Å². The number of likely N-dealkylation sites (tertiary alicyclic amines) is 1. The van der Waals surface area contributed by atoms with Crippen molar-refractivity contribution >= 4 is 17.5 Å². The molecule has 3 rings (SSSR count). The smallest absolute Gasteiger partial charge is 0.229 e. The molecule has 0 aliphatic carbocycles. The van der Waals surface area contributed by atoms with Gasteiger partial charge in [-0.25, -0.2) is 9.67 Å². The maximum atomic E-state index is 12.2. The number of hydrogen-bond acceptors (Lipinski definition) is 4. The summed E-state index contributed by atoms with van der Waals surface area (Å²) in [5.41, 5.74) is 2.54. The predicted molar refractivity (Wildman–Crippen MR) is 85.2 cm³/mol. The zero-order chi connectivity index (χ0) is 16.6. The number of hydrogen-bond donors (Lipinski definition) is 1. The largest absolute Gasteiger partial charge is 0.345 e. The molecule has 0 bridgehead atoms. The number of amides is 2. The van der Waals surface area contributed by atoms with Crippen LogP contribution in [-0.2, 0) is 9.59 Å². The molecule has 2 aromatic heterocycles. The minimum absolute atomic E-state index is 0.00292. The first-order valence-electron chi connectivity index (χ1n) is 7.48. The van der Waals surface area contributed by atoms with Crippen LogP contribution in [0, 0.1) is 19.8 Å². The molecule has 0 saturated carbocycles. The van der Waals surface area contributed by atoms with Gasteiger partial charge in [0.05, 0.1) is 23.5 Å². The Balaban J connectivity index is 1.69. The highest BCUT2D eigenvalue weighted by molar-refractivity contribution is 5.97. The Kier molecular flexibility index (Phi) is 3.85. The van der Waals surface area contributed by atoms with E-state index in [0.29, 0.717) is 18.1 Å². The Morgan fingerprint density at radius 2 is 2.13 bits per heavy atom. The SMILES string of the molecule is Cc1cc(C)n(-c2ccc(NC(=O)[C@@H]3CC(=O)N(C)C3)cn2)n1. The summed E-state index contributed by atoms with van der Waals surface area (Å²) < 4.78 is 1.76. The second kappa shape index (κ2) is 5.83. The van der Waals surface area contributed by atoms with Gasteiger partial charge in [0.2, 0.25) is 11.8 Å². The normalized spacial score (nSPS) is 17.6. The van der Waals surface area contributed by atoms with E-state index in [4.69, 9.17) is 0 Å². The van der Waals surface area contributed by atoms with E-state index in [2.05, 4.69) is 15.4 Å². The van der Waals surface area contributed by atoms with Gasteiger partial charge < -0.3 is 10.2 Å². The number of anilines is 1. The van der Waals surface area contributed by atoms with Crippen LogP contribution in [0.15, 0.2) is 24.4 Å². The zero-order valence-electron chi connectivity index (χ0n) is 13.4. The van der Waals surface area contributed by atoms with Crippen molar-refractivity contribution in [2.75, 3.05) is 18.9 Å². The summed E-state index contributed by atoms with van der Waals surface area (Å²) >= 11 is 0. The molecule has 1 saturated heterocycles. The third kappa shape index (κ3) is 3.08. The molecule has 1 aliphatic heterocycles. The molecule has 7 heteroatoms. The summed E-state index contributed by atoms with van der Waals surface area (Å²) in [6, 6.07) is 5.57. The van der Waals surface area contributed by atoms with Gasteiger partial charge in [-0.1, -0.05) is 0 Å². The number of rotatable bonds is 3. The minimum Gasteiger partial charge on any atom is -0.345 e. The Morgan fingerprint density at radius 1 is 1.35 bits per heavy atom. The first kappa shape index (κ1) is 15.2. The maximum absolute atomic E-state index is 12.2. The molecule has 1 aliphatic rings. The number of nitrogens with zero attached hydrogens (tertiary/aromatic N) is 4. The van der Waals surface area contributed by atoms with Gasteiger partial charge in [-0.15, -0.1) is 0 Å². The minimum atomic E-state index is -0.303. The molecule has 3 heterocycles. The van der Waals surface area contributed by atoms with Gasteiger partial charge in [0, 0.05) is 25.7 Å². The molecule has 2 aromatic rings. The molecule has 7 nitrogen and oxygen atoms in total. The van der Waals surface area contributed by atoms with Crippen molar-refractivity contribution in [2.45, 2.75) is 20.3 Å². The summed E-state index contributed by atoms with van der Waals surface area (Å²) in [6.07, 6.45) is 1.86. The quantitative estimate of drug-likeness (QED) is 0.926. The lowest BCUT2D eigenvalue weighted by Crippen LogP contribution is -2.25. The Hall–Kier alpha value is -2.70. The summed E-state index contributed by atoms with van der Waals surface area (Å²) in [5, 5.41) is 7.19. The van der Waals surface area contributed by atoms with Crippen LogP contribution in [0.4, 0.5) is 5.69 Å². The molecule has 120 valence electrons. The molecule has 0 aromatic carbocycles. The lowest BCUT2D eigenvalue weighted by Gasteiger charge is -2.11. The molecule has 0 spiro atoms. The lowest BCUT2D eigenvalue weighted by molar-refractivity contribution is -0.127. The lowest BCUT2D eigenvalue weighted by atomic mass is 10.1. The average Bonchev–Trinajstić information content (AvgIpc) is 3.02. The van der Waals surface area contributed by atoms with Crippen molar-refractivity contribution in [3.63, 3.8) is 0 Å². The van der Waals surface area contributed by atoms with Crippen molar-refractivity contribution in [1.82, 2.24) is 19.7 Å². The number of carbonyl (C=O) groups excluding carboxylic acids is 2. The number of nitrogens with one attached hydrogen (secondary N) is 1. The summed E-state index contributed by atoms with van der Waals surface area (Å²) in [7, 11) is 1.71. The molecule has 23 heavy (non-hydrogen) atoms. The van der Waals surface area contributed by atoms with E-state index in [-0.39, 0.29) is 24.2 Å². The van der Waals surface area contributed by atoms with Gasteiger partial charge in [-0.3, -0.25) is 9.59 Å². The van der Waals surface area contributed by atoms with Gasteiger partial charge in [0.15, 0.2) is 5.82 Å². The fraction of sp³-hybridized carbons (Fsp3) is 0.375. The highest BCUT2D eigenvalue weighted by Crippen LogP contribution is 2.19. The third-order valence-electron chi connectivity index (χ3n) is 3.95. The van der Waals surface area contributed by atoms with Gasteiger partial charge in [-0.05, 0) is 32.0 Å². The highest BCUT2D eigenvalue weighted by Gasteiger charge is 2.32. The van der Waals surface area contributed by atoms with Crippen LogP contribution in [-0.4, -0.2) is 45.1 Å². The van der Waals surface area contributed by atoms with Gasteiger partial charge in [0.1, 0.15) is 0 Å². The van der Waals surface area contributed by atoms with E-state index in [0.717, 1.165) is 11.4 Å². The molecule has 1 N–H and O–H groups in total. The highest BCUT2D eigenvalue weighted by atomic mass is 16.2. The molecule has 2 amide bonds. The van der Waals surface area contributed by atoms with E-state index in [9.17, 15) is 9.59 Å². The second-order valence-electron chi connectivity index (χ2n) is 5.91. The van der Waals surface area contributed by atoms with Crippen molar-refractivity contribution < 1.29 is 9.59 Å². The molecule has 0 unspecified atom stereocenters. The number of aromatic nitrogens is 3. The number of aryl methyl sites for hydroxylation is 2. The topological polar surface area (TPSA) is 80.1 Å². The van der Waals surface area contributed by atoms with Crippen LogP contribution in [0.3, 0.4) is 0 Å². The van der Waals surface area contributed by atoms with Crippen LogP contribution >= 0.6 is 0 Å². The van der Waals surface area contributed by atoms with Crippen molar-refractivity contribution in [2.24, 2.45) is 5.92 Å². The van der Waals surface area contributed by atoms with Gasteiger partial charge in [-0.2, -0.15) is 5.10 Å². The van der Waals surface area contributed by atoms with Gasteiger partial charge >= 0.3 is 0 Å². The standard InChI is InChI=1S/C16H19N5O2/c1-10-6-11(2)21(19-10)14-5-4-13(8-17-14)18-16(23)12-7-15(22)20(3)9-12/h4-6,8,12H,7,9H2,1-3H3,(H,18,23)/t12-/m1/s1. The first-order chi connectivity index (χ1) is 10.9. The van der Waals surface area contributed by atoms with Crippen molar-refractivity contribution in [3.8, 4) is 5.82 Å². The van der Waals surface area contributed by atoms with E-state index < -0.39 is 0 Å². The fourth-order valence-corrected chi connectivity index (χ4v) is 2.73. The Bertz CT molecular complexity index is 750. The maximum Gasteiger partial charge on any atom is 0.229 e. The van der Waals surface area contributed by atoms with E-state index >= 15 is 0 Å². The van der Waals surface area contributed by atoms with Crippen LogP contribution in [0.2, 0.25) is 0 Å². The second-order valence-corrected chi connectivity index (χ2v) is 5.91. The van der Waals surface area contributed by atoms with E-state index in [1.54, 1.807) is 35.0 Å². The third-order valence-corrected chi connectivity index (χ3v) is 3.95. The van der Waals surface area contributed by atoms with Crippen LogP contribution in [0.5, 0.6) is 0 Å². The molecular weight excluding hydrogens is 294 g/mol. The molecule has 1 fully saturated rings. The van der Waals surface area contributed by atoms with Crippen molar-refractivity contribution in [1.29, 1.82) is 0 Å². The number of carbonyl (C=O) groups is 2. The molecule has 1 atom stereocenters. The summed E-state index contributed by atoms with van der Waals surface area (Å²) in [6.45, 7) is 4.35. The fourth-order valence-electron chi connectivity index (χ4n) is 2.73. The molecule has 0 radical (unpaired) electrons. The Morgan fingerprint density at radius 3 is 2.65 bits per heavy atom.